The third-order valence-electron chi connectivity index (χ3n) is 4.48. The van der Waals surface area contributed by atoms with Crippen molar-refractivity contribution in [2.24, 2.45) is 12.0 Å². The molecule has 0 aliphatic carbocycles. The normalized spacial score (nSPS) is 17.7. The predicted octanol–water partition coefficient (Wildman–Crippen LogP) is 0.257. The van der Waals surface area contributed by atoms with Crippen LogP contribution in [0.1, 0.15) is 20.3 Å². The maximum Gasteiger partial charge on any atom is 0.293 e. The van der Waals surface area contributed by atoms with E-state index in [-0.39, 0.29) is 29.5 Å². The van der Waals surface area contributed by atoms with Crippen molar-refractivity contribution in [2.75, 3.05) is 44.7 Å². The first-order valence-electron chi connectivity index (χ1n) is 8.32. The number of aliphatic imine (C=N–C) groups is 1. The standard InChI is InChI=1S/C16H28N6O2.HI/c1-5-16(2,24)12-19-15(17-3)22-10-8-21(9-11-22)13-14(23)20(4)7-6-18-13;/h6-7,24H,5,8-12H2,1-4H3,(H,17,19);1H. The van der Waals surface area contributed by atoms with Crippen molar-refractivity contribution in [3.63, 3.8) is 0 Å². The first kappa shape index (κ1) is 21.7. The average molecular weight is 464 g/mol. The van der Waals surface area contributed by atoms with Crippen LogP contribution in [0.4, 0.5) is 5.82 Å². The van der Waals surface area contributed by atoms with Crippen LogP contribution < -0.4 is 15.8 Å². The van der Waals surface area contributed by atoms with E-state index in [1.165, 1.54) is 0 Å². The Morgan fingerprint density at radius 3 is 2.60 bits per heavy atom. The largest absolute Gasteiger partial charge is 0.388 e. The van der Waals surface area contributed by atoms with Crippen molar-refractivity contribution in [1.29, 1.82) is 0 Å². The second-order valence-electron chi connectivity index (χ2n) is 6.39. The molecule has 9 heteroatoms. The topological polar surface area (TPSA) is 86.0 Å². The lowest BCUT2D eigenvalue weighted by Crippen LogP contribution is -2.55. The van der Waals surface area contributed by atoms with Crippen molar-refractivity contribution in [1.82, 2.24) is 19.8 Å². The fraction of sp³-hybridized carbons (Fsp3) is 0.688. The number of aliphatic hydroxyl groups is 1. The molecule has 0 radical (unpaired) electrons. The smallest absolute Gasteiger partial charge is 0.293 e. The van der Waals surface area contributed by atoms with E-state index in [4.69, 9.17) is 0 Å². The fourth-order valence-corrected chi connectivity index (χ4v) is 2.56. The Morgan fingerprint density at radius 1 is 1.40 bits per heavy atom. The van der Waals surface area contributed by atoms with Crippen LogP contribution in [0.3, 0.4) is 0 Å². The summed E-state index contributed by atoms with van der Waals surface area (Å²) in [6.07, 6.45) is 3.98. The van der Waals surface area contributed by atoms with Gasteiger partial charge < -0.3 is 24.8 Å². The van der Waals surface area contributed by atoms with Crippen LogP contribution in [0.5, 0.6) is 0 Å². The summed E-state index contributed by atoms with van der Waals surface area (Å²) >= 11 is 0. The van der Waals surface area contributed by atoms with Crippen LogP contribution in [0.15, 0.2) is 22.2 Å². The number of aromatic nitrogens is 2. The van der Waals surface area contributed by atoms with E-state index in [0.717, 1.165) is 19.0 Å². The molecule has 1 unspecified atom stereocenters. The summed E-state index contributed by atoms with van der Waals surface area (Å²) in [6.45, 7) is 7.12. The zero-order valence-corrected chi connectivity index (χ0v) is 17.7. The number of hydrogen-bond donors (Lipinski definition) is 2. The minimum Gasteiger partial charge on any atom is -0.388 e. The van der Waals surface area contributed by atoms with E-state index in [2.05, 4.69) is 20.2 Å². The Bertz CT molecular complexity index is 638. The highest BCUT2D eigenvalue weighted by Gasteiger charge is 2.24. The maximum atomic E-state index is 12.2. The highest BCUT2D eigenvalue weighted by Crippen LogP contribution is 2.10. The van der Waals surface area contributed by atoms with Crippen LogP contribution in [0.25, 0.3) is 0 Å². The van der Waals surface area contributed by atoms with Gasteiger partial charge in [0, 0.05) is 59.2 Å². The number of halogens is 1. The number of nitrogens with one attached hydrogen (secondary N) is 1. The Kier molecular flexibility index (Phi) is 8.13. The van der Waals surface area contributed by atoms with Gasteiger partial charge in [-0.1, -0.05) is 6.92 Å². The molecule has 1 saturated heterocycles. The van der Waals surface area contributed by atoms with Gasteiger partial charge in [-0.3, -0.25) is 9.79 Å². The number of rotatable bonds is 4. The minimum atomic E-state index is -0.752. The molecule has 1 atom stereocenters. The second kappa shape index (κ2) is 9.37. The molecule has 0 amide bonds. The fourth-order valence-electron chi connectivity index (χ4n) is 2.56. The molecule has 1 aliphatic heterocycles. The molecular weight excluding hydrogens is 435 g/mol. The van der Waals surface area contributed by atoms with Crippen LogP contribution in [-0.2, 0) is 7.05 Å². The molecule has 1 aromatic rings. The molecule has 1 aromatic heterocycles. The molecule has 0 aromatic carbocycles. The monoisotopic (exact) mass is 464 g/mol. The second-order valence-corrected chi connectivity index (χ2v) is 6.39. The van der Waals surface area contributed by atoms with Crippen LogP contribution in [-0.4, -0.2) is 70.9 Å². The Hall–Kier alpha value is -1.36. The van der Waals surface area contributed by atoms with E-state index in [1.807, 2.05) is 18.7 Å². The third-order valence-corrected chi connectivity index (χ3v) is 4.48. The summed E-state index contributed by atoms with van der Waals surface area (Å²) in [4.78, 5) is 24.8. The van der Waals surface area contributed by atoms with Crippen molar-refractivity contribution in [3.8, 4) is 0 Å². The van der Waals surface area contributed by atoms with Gasteiger partial charge in [0.2, 0.25) is 0 Å². The molecule has 2 heterocycles. The zero-order chi connectivity index (χ0) is 17.7. The van der Waals surface area contributed by atoms with E-state index < -0.39 is 5.60 Å². The summed E-state index contributed by atoms with van der Waals surface area (Å²) in [5.41, 5.74) is -0.828. The van der Waals surface area contributed by atoms with Gasteiger partial charge >= 0.3 is 0 Å². The summed E-state index contributed by atoms with van der Waals surface area (Å²) < 4.78 is 1.54. The molecule has 1 fully saturated rings. The van der Waals surface area contributed by atoms with Gasteiger partial charge in [-0.2, -0.15) is 0 Å². The molecule has 0 bridgehead atoms. The molecule has 25 heavy (non-hydrogen) atoms. The van der Waals surface area contributed by atoms with Crippen molar-refractivity contribution >= 4 is 35.8 Å². The Labute approximate surface area is 166 Å². The summed E-state index contributed by atoms with van der Waals surface area (Å²) in [6, 6.07) is 0. The van der Waals surface area contributed by atoms with Gasteiger partial charge in [0.05, 0.1) is 5.60 Å². The average Bonchev–Trinajstić information content (AvgIpc) is 2.58. The number of guanidine groups is 1. The highest BCUT2D eigenvalue weighted by molar-refractivity contribution is 14.0. The first-order valence-corrected chi connectivity index (χ1v) is 8.32. The molecule has 1 aliphatic rings. The van der Waals surface area contributed by atoms with Crippen LogP contribution in [0.2, 0.25) is 0 Å². The number of hydrogen-bond acceptors (Lipinski definition) is 5. The van der Waals surface area contributed by atoms with Gasteiger partial charge in [-0.15, -0.1) is 24.0 Å². The van der Waals surface area contributed by atoms with E-state index >= 15 is 0 Å². The molecule has 2 N–H and O–H groups in total. The quantitative estimate of drug-likeness (QED) is 0.378. The SMILES string of the molecule is CCC(C)(O)CNC(=NC)N1CCN(c2nccn(C)c2=O)CC1.I. The lowest BCUT2D eigenvalue weighted by Gasteiger charge is -2.37. The molecule has 142 valence electrons. The lowest BCUT2D eigenvalue weighted by molar-refractivity contribution is 0.0596. The molecule has 2 rings (SSSR count). The summed E-state index contributed by atoms with van der Waals surface area (Å²) in [5.74, 6) is 1.27. The first-order chi connectivity index (χ1) is 11.4. The Morgan fingerprint density at radius 2 is 2.04 bits per heavy atom. The van der Waals surface area contributed by atoms with E-state index in [9.17, 15) is 9.90 Å². The molecule has 0 saturated carbocycles. The van der Waals surface area contributed by atoms with Crippen LogP contribution in [0, 0.1) is 0 Å². The number of aryl methyl sites for hydroxylation is 1. The van der Waals surface area contributed by atoms with Gasteiger partial charge in [0.25, 0.3) is 5.56 Å². The van der Waals surface area contributed by atoms with Crippen molar-refractivity contribution in [3.05, 3.63) is 22.7 Å². The maximum absolute atomic E-state index is 12.2. The zero-order valence-electron chi connectivity index (χ0n) is 15.4. The van der Waals surface area contributed by atoms with Crippen LogP contribution >= 0.6 is 24.0 Å². The summed E-state index contributed by atoms with van der Waals surface area (Å²) in [7, 11) is 3.47. The van der Waals surface area contributed by atoms with E-state index in [0.29, 0.717) is 31.9 Å². The molecular formula is C16H29IN6O2. The number of anilines is 1. The van der Waals surface area contributed by atoms with Crippen molar-refractivity contribution < 1.29 is 5.11 Å². The summed E-state index contributed by atoms with van der Waals surface area (Å²) in [5, 5.41) is 13.4. The molecule has 8 nitrogen and oxygen atoms in total. The lowest BCUT2D eigenvalue weighted by atomic mass is 10.0. The van der Waals surface area contributed by atoms with E-state index in [1.54, 1.807) is 31.1 Å². The third kappa shape index (κ3) is 5.56. The minimum absolute atomic E-state index is 0. The van der Waals surface area contributed by atoms with Gasteiger partial charge in [-0.05, 0) is 13.3 Å². The van der Waals surface area contributed by atoms with Gasteiger partial charge in [0.1, 0.15) is 0 Å². The van der Waals surface area contributed by atoms with Crippen molar-refractivity contribution in [2.45, 2.75) is 25.9 Å². The van der Waals surface area contributed by atoms with Gasteiger partial charge in [-0.25, -0.2) is 4.98 Å². The predicted molar refractivity (Wildman–Crippen MR) is 111 cm³/mol. The Balaban J connectivity index is 0.00000312. The number of nitrogens with zero attached hydrogens (tertiary/aromatic N) is 5. The van der Waals surface area contributed by atoms with Gasteiger partial charge in [0.15, 0.2) is 11.8 Å². The highest BCUT2D eigenvalue weighted by atomic mass is 127. The molecule has 0 spiro atoms. The number of piperazine rings is 1.